The molecule has 1 aromatic heterocycles. The van der Waals surface area contributed by atoms with Crippen LogP contribution in [0.25, 0.3) is 11.4 Å². The van der Waals surface area contributed by atoms with Crippen molar-refractivity contribution >= 4 is 29.3 Å². The maximum Gasteiger partial charge on any atom is 0.231 e. The van der Waals surface area contributed by atoms with E-state index in [0.717, 1.165) is 18.4 Å². The normalized spacial score (nSPS) is 16.0. The van der Waals surface area contributed by atoms with Crippen molar-refractivity contribution < 1.29 is 4.79 Å². The highest BCUT2D eigenvalue weighted by Gasteiger charge is 2.42. The first-order valence-electron chi connectivity index (χ1n) is 7.74. The summed E-state index contributed by atoms with van der Waals surface area (Å²) in [5.74, 6) is 6.60. The van der Waals surface area contributed by atoms with Crippen molar-refractivity contribution in [2.45, 2.75) is 30.5 Å². The number of rotatable bonds is 6. The number of amides is 1. The molecule has 1 amide bonds. The molecule has 1 atom stereocenters. The Balaban J connectivity index is 1.64. The van der Waals surface area contributed by atoms with Crippen molar-refractivity contribution in [1.29, 1.82) is 5.26 Å². The van der Waals surface area contributed by atoms with Gasteiger partial charge in [-0.05, 0) is 37.8 Å². The Morgan fingerprint density at radius 2 is 2.32 bits per heavy atom. The second-order valence-corrected chi connectivity index (χ2v) is 7.49. The minimum atomic E-state index is -0.806. The van der Waals surface area contributed by atoms with Crippen LogP contribution in [0.3, 0.4) is 0 Å². The summed E-state index contributed by atoms with van der Waals surface area (Å²) in [4.78, 5) is 12.2. The lowest BCUT2D eigenvalue weighted by Gasteiger charge is -2.22. The van der Waals surface area contributed by atoms with Crippen LogP contribution < -0.4 is 11.2 Å². The van der Waals surface area contributed by atoms with Crippen LogP contribution in [-0.2, 0) is 4.79 Å². The van der Waals surface area contributed by atoms with Crippen LogP contribution in [-0.4, -0.2) is 32.1 Å². The van der Waals surface area contributed by atoms with E-state index in [1.54, 1.807) is 25.1 Å². The Kier molecular flexibility index (Phi) is 4.88. The van der Waals surface area contributed by atoms with Crippen LogP contribution in [0, 0.1) is 17.2 Å². The van der Waals surface area contributed by atoms with E-state index < -0.39 is 5.54 Å². The van der Waals surface area contributed by atoms with Gasteiger partial charge in [0.05, 0.1) is 11.8 Å². The number of nitriles is 1. The molecule has 0 unspecified atom stereocenters. The van der Waals surface area contributed by atoms with Gasteiger partial charge in [0.25, 0.3) is 0 Å². The molecule has 1 saturated carbocycles. The highest BCUT2D eigenvalue weighted by Crippen LogP contribution is 2.39. The van der Waals surface area contributed by atoms with E-state index in [2.05, 4.69) is 21.6 Å². The van der Waals surface area contributed by atoms with E-state index in [0.29, 0.717) is 16.0 Å². The third-order valence-electron chi connectivity index (χ3n) is 4.10. The first kappa shape index (κ1) is 17.6. The van der Waals surface area contributed by atoms with Crippen LogP contribution in [0.2, 0.25) is 5.02 Å². The average Bonchev–Trinajstić information content (AvgIpc) is 3.38. The van der Waals surface area contributed by atoms with Crippen molar-refractivity contribution in [3.63, 3.8) is 0 Å². The first-order valence-corrected chi connectivity index (χ1v) is 9.11. The standard InChI is InChI=1S/C16H17ClN6OS/c1-16(9-18,11-5-6-11)20-13(24)8-25-15-22-21-14(23(15)19)10-3-2-4-12(17)7-10/h2-4,7,11H,5-6,8,19H2,1H3,(H,20,24)/t16-/m0/s1. The summed E-state index contributed by atoms with van der Waals surface area (Å²) in [5.41, 5.74) is -0.0652. The van der Waals surface area contributed by atoms with E-state index in [4.69, 9.17) is 17.4 Å². The number of thioether (sulfide) groups is 1. The highest BCUT2D eigenvalue weighted by atomic mass is 35.5. The maximum atomic E-state index is 12.2. The van der Waals surface area contributed by atoms with Gasteiger partial charge in [-0.1, -0.05) is 35.5 Å². The topological polar surface area (TPSA) is 110 Å². The maximum absolute atomic E-state index is 12.2. The molecular weight excluding hydrogens is 360 g/mol. The fourth-order valence-corrected chi connectivity index (χ4v) is 3.38. The zero-order valence-electron chi connectivity index (χ0n) is 13.6. The molecule has 9 heteroatoms. The molecule has 1 aliphatic carbocycles. The van der Waals surface area contributed by atoms with E-state index >= 15 is 0 Å². The van der Waals surface area contributed by atoms with Gasteiger partial charge in [-0.25, -0.2) is 4.68 Å². The molecule has 0 spiro atoms. The van der Waals surface area contributed by atoms with Gasteiger partial charge < -0.3 is 11.2 Å². The first-order chi connectivity index (χ1) is 11.9. The Morgan fingerprint density at radius 3 is 2.96 bits per heavy atom. The van der Waals surface area contributed by atoms with Crippen molar-refractivity contribution in [2.24, 2.45) is 5.92 Å². The van der Waals surface area contributed by atoms with Crippen molar-refractivity contribution in [2.75, 3.05) is 11.6 Å². The van der Waals surface area contributed by atoms with Gasteiger partial charge in [-0.3, -0.25) is 4.79 Å². The van der Waals surface area contributed by atoms with Gasteiger partial charge in [0.2, 0.25) is 11.1 Å². The van der Waals surface area contributed by atoms with Crippen LogP contribution in [0.1, 0.15) is 19.8 Å². The summed E-state index contributed by atoms with van der Waals surface area (Å²) in [6.07, 6.45) is 1.94. The molecule has 3 rings (SSSR count). The van der Waals surface area contributed by atoms with Crippen LogP contribution in [0.4, 0.5) is 0 Å². The summed E-state index contributed by atoms with van der Waals surface area (Å²) in [5, 5.41) is 21.2. The minimum Gasteiger partial charge on any atom is -0.337 e. The number of carbonyl (C=O) groups is 1. The molecule has 1 aromatic carbocycles. The Morgan fingerprint density at radius 1 is 1.56 bits per heavy atom. The Labute approximate surface area is 154 Å². The largest absolute Gasteiger partial charge is 0.337 e. The Hall–Kier alpha value is -2.24. The van der Waals surface area contributed by atoms with E-state index in [1.165, 1.54) is 16.4 Å². The number of benzene rings is 1. The molecule has 7 nitrogen and oxygen atoms in total. The zero-order chi connectivity index (χ0) is 18.0. The summed E-state index contributed by atoms with van der Waals surface area (Å²) >= 11 is 7.15. The molecule has 0 aliphatic heterocycles. The number of carbonyl (C=O) groups excluding carboxylic acids is 1. The SMILES string of the molecule is C[C@@](C#N)(NC(=O)CSc1nnc(-c2cccc(Cl)c2)n1N)C1CC1. The van der Waals surface area contributed by atoms with Gasteiger partial charge in [-0.15, -0.1) is 10.2 Å². The molecule has 0 bridgehead atoms. The van der Waals surface area contributed by atoms with Crippen molar-refractivity contribution in [3.8, 4) is 17.5 Å². The number of nitrogens with zero attached hydrogens (tertiary/aromatic N) is 4. The average molecular weight is 377 g/mol. The van der Waals surface area contributed by atoms with Gasteiger partial charge in [0, 0.05) is 10.6 Å². The van der Waals surface area contributed by atoms with Crippen LogP contribution >= 0.6 is 23.4 Å². The van der Waals surface area contributed by atoms with Gasteiger partial charge in [-0.2, -0.15) is 5.26 Å². The van der Waals surface area contributed by atoms with Gasteiger partial charge in [0.15, 0.2) is 5.82 Å². The number of nitrogen functional groups attached to an aromatic ring is 1. The smallest absolute Gasteiger partial charge is 0.231 e. The molecule has 2 aromatic rings. The number of nitrogens with two attached hydrogens (primary N) is 1. The summed E-state index contributed by atoms with van der Waals surface area (Å²) < 4.78 is 1.33. The summed E-state index contributed by atoms with van der Waals surface area (Å²) in [6.45, 7) is 1.76. The van der Waals surface area contributed by atoms with Gasteiger partial charge >= 0.3 is 0 Å². The Bertz CT molecular complexity index is 843. The number of aromatic nitrogens is 3. The second kappa shape index (κ2) is 6.94. The molecule has 1 aliphatic rings. The third-order valence-corrected chi connectivity index (χ3v) is 5.28. The van der Waals surface area contributed by atoms with Crippen LogP contribution in [0.15, 0.2) is 29.4 Å². The predicted octanol–water partition coefficient (Wildman–Crippen LogP) is 2.21. The summed E-state index contributed by atoms with van der Waals surface area (Å²) in [6, 6.07) is 9.33. The van der Waals surface area contributed by atoms with E-state index in [-0.39, 0.29) is 17.6 Å². The minimum absolute atomic E-state index is 0.106. The van der Waals surface area contributed by atoms with Crippen molar-refractivity contribution in [1.82, 2.24) is 20.2 Å². The molecule has 0 saturated heterocycles. The molecule has 130 valence electrons. The van der Waals surface area contributed by atoms with E-state index in [1.807, 2.05) is 6.07 Å². The van der Waals surface area contributed by atoms with Crippen LogP contribution in [0.5, 0.6) is 0 Å². The van der Waals surface area contributed by atoms with Crippen molar-refractivity contribution in [3.05, 3.63) is 29.3 Å². The third kappa shape index (κ3) is 3.89. The monoisotopic (exact) mass is 376 g/mol. The fraction of sp³-hybridized carbons (Fsp3) is 0.375. The lowest BCUT2D eigenvalue weighted by molar-refractivity contribution is -0.119. The molecule has 3 N–H and O–H groups in total. The second-order valence-electron chi connectivity index (χ2n) is 6.11. The van der Waals surface area contributed by atoms with E-state index in [9.17, 15) is 10.1 Å². The quantitative estimate of drug-likeness (QED) is 0.590. The zero-order valence-corrected chi connectivity index (χ0v) is 15.1. The lowest BCUT2D eigenvalue weighted by atomic mass is 9.98. The number of hydrogen-bond acceptors (Lipinski definition) is 6. The highest BCUT2D eigenvalue weighted by molar-refractivity contribution is 7.99. The molecule has 1 heterocycles. The summed E-state index contributed by atoms with van der Waals surface area (Å²) in [7, 11) is 0. The van der Waals surface area contributed by atoms with Gasteiger partial charge in [0.1, 0.15) is 5.54 Å². The fourth-order valence-electron chi connectivity index (χ4n) is 2.54. The number of nitrogens with one attached hydrogen (secondary N) is 1. The lowest BCUT2D eigenvalue weighted by Crippen LogP contribution is -2.47. The predicted molar refractivity (Wildman–Crippen MR) is 96.2 cm³/mol. The number of halogens is 1. The molecule has 1 fully saturated rings. The number of hydrogen-bond donors (Lipinski definition) is 2. The molecular formula is C16H17ClN6OS. The molecule has 25 heavy (non-hydrogen) atoms. The molecule has 0 radical (unpaired) electrons.